The first-order chi connectivity index (χ1) is 6.65. The molecule has 0 spiro atoms. The average molecular weight is 218 g/mol. The van der Waals surface area contributed by atoms with Crippen molar-refractivity contribution in [1.82, 2.24) is 9.97 Å². The van der Waals surface area contributed by atoms with Crippen LogP contribution in [0.2, 0.25) is 5.15 Å². The quantitative estimate of drug-likeness (QED) is 0.629. The second-order valence-corrected chi connectivity index (χ2v) is 3.21. The maximum absolute atomic E-state index is 9.09. The van der Waals surface area contributed by atoms with Crippen LogP contribution in [0.15, 0.2) is 6.33 Å². The summed E-state index contributed by atoms with van der Waals surface area (Å²) in [6.07, 6.45) is 0.534. The van der Waals surface area contributed by atoms with E-state index in [1.165, 1.54) is 6.33 Å². The van der Waals surface area contributed by atoms with Gasteiger partial charge in [0.1, 0.15) is 17.3 Å². The highest BCUT2D eigenvalue weighted by atomic mass is 35.5. The van der Waals surface area contributed by atoms with Gasteiger partial charge < -0.3 is 15.5 Å². The number of aliphatic hydroxyl groups excluding tert-OH is 2. The second kappa shape index (κ2) is 5.09. The Bertz CT molecular complexity index is 309. The number of halogens is 1. The number of nitrogens with one attached hydrogen (secondary N) is 1. The van der Waals surface area contributed by atoms with E-state index in [0.717, 1.165) is 5.56 Å². The highest BCUT2D eigenvalue weighted by molar-refractivity contribution is 6.30. The molecule has 0 amide bonds. The van der Waals surface area contributed by atoms with Crippen molar-refractivity contribution in [2.45, 2.75) is 13.0 Å². The predicted octanol–water partition coefficient (Wildman–Crippen LogP) is 0.204. The second-order valence-electron chi connectivity index (χ2n) is 2.86. The summed E-state index contributed by atoms with van der Waals surface area (Å²) in [5.74, 6) is 0.567. The molecule has 78 valence electrons. The number of hydrogen-bond acceptors (Lipinski definition) is 5. The van der Waals surface area contributed by atoms with Crippen LogP contribution in [0.5, 0.6) is 0 Å². The topological polar surface area (TPSA) is 78.3 Å². The van der Waals surface area contributed by atoms with Crippen molar-refractivity contribution in [2.24, 2.45) is 0 Å². The van der Waals surface area contributed by atoms with Crippen molar-refractivity contribution in [3.8, 4) is 0 Å². The van der Waals surface area contributed by atoms with Gasteiger partial charge >= 0.3 is 0 Å². The molecule has 14 heavy (non-hydrogen) atoms. The van der Waals surface area contributed by atoms with E-state index in [2.05, 4.69) is 15.3 Å². The van der Waals surface area contributed by atoms with Gasteiger partial charge in [0.05, 0.1) is 12.7 Å². The van der Waals surface area contributed by atoms with Crippen molar-refractivity contribution in [3.05, 3.63) is 17.0 Å². The van der Waals surface area contributed by atoms with Gasteiger partial charge in [0.15, 0.2) is 0 Å². The van der Waals surface area contributed by atoms with Crippen molar-refractivity contribution in [3.63, 3.8) is 0 Å². The number of nitrogens with zero attached hydrogens (tertiary/aromatic N) is 2. The first-order valence-corrected chi connectivity index (χ1v) is 4.53. The van der Waals surface area contributed by atoms with Crippen molar-refractivity contribution < 1.29 is 10.2 Å². The smallest absolute Gasteiger partial charge is 0.137 e. The average Bonchev–Trinajstić information content (AvgIpc) is 2.20. The Morgan fingerprint density at radius 1 is 1.57 bits per heavy atom. The van der Waals surface area contributed by atoms with E-state index in [9.17, 15) is 0 Å². The molecular formula is C8H12ClN3O2. The van der Waals surface area contributed by atoms with Crippen LogP contribution in [0.1, 0.15) is 5.56 Å². The lowest BCUT2D eigenvalue weighted by atomic mass is 10.3. The lowest BCUT2D eigenvalue weighted by Gasteiger charge is -2.11. The number of aromatic nitrogens is 2. The fraction of sp³-hybridized carbons (Fsp3) is 0.500. The van der Waals surface area contributed by atoms with Gasteiger partial charge in [-0.15, -0.1) is 0 Å². The minimum Gasteiger partial charge on any atom is -0.394 e. The van der Waals surface area contributed by atoms with Crippen LogP contribution in [-0.2, 0) is 0 Å². The van der Waals surface area contributed by atoms with Crippen LogP contribution >= 0.6 is 11.6 Å². The maximum Gasteiger partial charge on any atom is 0.137 e. The number of hydrogen-bond donors (Lipinski definition) is 3. The zero-order valence-corrected chi connectivity index (χ0v) is 8.49. The largest absolute Gasteiger partial charge is 0.394 e. The monoisotopic (exact) mass is 217 g/mol. The van der Waals surface area contributed by atoms with Crippen LogP contribution in [0, 0.1) is 6.92 Å². The highest BCUT2D eigenvalue weighted by Crippen LogP contribution is 2.17. The summed E-state index contributed by atoms with van der Waals surface area (Å²) < 4.78 is 0. The van der Waals surface area contributed by atoms with Gasteiger partial charge in [-0.05, 0) is 6.92 Å². The van der Waals surface area contributed by atoms with Crippen LogP contribution < -0.4 is 5.32 Å². The summed E-state index contributed by atoms with van der Waals surface area (Å²) in [5, 5.41) is 20.9. The van der Waals surface area contributed by atoms with E-state index < -0.39 is 6.10 Å². The highest BCUT2D eigenvalue weighted by Gasteiger charge is 2.06. The molecule has 1 unspecified atom stereocenters. The molecule has 0 bridgehead atoms. The molecule has 1 heterocycles. The SMILES string of the molecule is Cc1c(Cl)ncnc1NCC(O)CO. The molecule has 0 fully saturated rings. The fourth-order valence-corrected chi connectivity index (χ4v) is 1.02. The standard InChI is InChI=1S/C8H12ClN3O2/c1-5-7(9)11-4-12-8(5)10-2-6(14)3-13/h4,6,13-14H,2-3H2,1H3,(H,10,11,12). The summed E-state index contributed by atoms with van der Waals surface area (Å²) in [5.41, 5.74) is 0.722. The summed E-state index contributed by atoms with van der Waals surface area (Å²) in [6, 6.07) is 0. The molecule has 0 aliphatic carbocycles. The van der Waals surface area contributed by atoms with E-state index in [0.29, 0.717) is 11.0 Å². The van der Waals surface area contributed by atoms with Crippen molar-refractivity contribution >= 4 is 17.4 Å². The van der Waals surface area contributed by atoms with Crippen molar-refractivity contribution in [2.75, 3.05) is 18.5 Å². The molecule has 0 aliphatic heterocycles. The molecule has 1 aromatic rings. The molecule has 1 rings (SSSR count). The van der Waals surface area contributed by atoms with Crippen molar-refractivity contribution in [1.29, 1.82) is 0 Å². The third-order valence-corrected chi connectivity index (χ3v) is 2.12. The number of anilines is 1. The van der Waals surface area contributed by atoms with Gasteiger partial charge in [0, 0.05) is 12.1 Å². The Labute approximate surface area is 86.8 Å². The minimum atomic E-state index is -0.803. The van der Waals surface area contributed by atoms with Gasteiger partial charge in [0.2, 0.25) is 0 Å². The fourth-order valence-electron chi connectivity index (χ4n) is 0.886. The molecule has 1 atom stereocenters. The summed E-state index contributed by atoms with van der Waals surface area (Å²) >= 11 is 5.76. The predicted molar refractivity (Wildman–Crippen MR) is 53.4 cm³/mol. The zero-order chi connectivity index (χ0) is 10.6. The Balaban J connectivity index is 2.63. The first kappa shape index (κ1) is 11.2. The van der Waals surface area contributed by atoms with Gasteiger partial charge in [0.25, 0.3) is 0 Å². The zero-order valence-electron chi connectivity index (χ0n) is 7.74. The molecule has 1 aromatic heterocycles. The molecule has 0 aliphatic rings. The van der Waals surface area contributed by atoms with E-state index in [-0.39, 0.29) is 13.2 Å². The molecular weight excluding hydrogens is 206 g/mol. The van der Waals surface area contributed by atoms with Gasteiger partial charge in [-0.2, -0.15) is 0 Å². The molecule has 0 saturated carbocycles. The van der Waals surface area contributed by atoms with Crippen LogP contribution in [0.3, 0.4) is 0 Å². The van der Waals surface area contributed by atoms with Gasteiger partial charge in [-0.1, -0.05) is 11.6 Å². The Morgan fingerprint density at radius 2 is 2.29 bits per heavy atom. The maximum atomic E-state index is 9.09. The van der Waals surface area contributed by atoms with E-state index in [4.69, 9.17) is 21.8 Å². The summed E-state index contributed by atoms with van der Waals surface area (Å²) in [7, 11) is 0. The van der Waals surface area contributed by atoms with E-state index in [1.807, 2.05) is 0 Å². The molecule has 5 nitrogen and oxygen atoms in total. The molecule has 6 heteroatoms. The van der Waals surface area contributed by atoms with Gasteiger partial charge in [-0.3, -0.25) is 0 Å². The van der Waals surface area contributed by atoms with Gasteiger partial charge in [-0.25, -0.2) is 9.97 Å². The molecule has 0 aromatic carbocycles. The first-order valence-electron chi connectivity index (χ1n) is 4.15. The molecule has 0 radical (unpaired) electrons. The lowest BCUT2D eigenvalue weighted by Crippen LogP contribution is -2.23. The lowest BCUT2D eigenvalue weighted by molar-refractivity contribution is 0.105. The molecule has 0 saturated heterocycles. The number of rotatable bonds is 4. The molecule has 3 N–H and O–H groups in total. The van der Waals surface area contributed by atoms with Crippen LogP contribution in [-0.4, -0.2) is 39.4 Å². The minimum absolute atomic E-state index is 0.227. The summed E-state index contributed by atoms with van der Waals surface area (Å²) in [4.78, 5) is 7.74. The third kappa shape index (κ3) is 2.80. The Morgan fingerprint density at radius 3 is 2.93 bits per heavy atom. The normalized spacial score (nSPS) is 12.6. The third-order valence-electron chi connectivity index (χ3n) is 1.74. The number of aliphatic hydroxyl groups is 2. The van der Waals surface area contributed by atoms with Crippen LogP contribution in [0.4, 0.5) is 5.82 Å². The van der Waals surface area contributed by atoms with E-state index >= 15 is 0 Å². The Kier molecular flexibility index (Phi) is 4.06. The summed E-state index contributed by atoms with van der Waals surface area (Å²) in [6.45, 7) is 1.71. The van der Waals surface area contributed by atoms with E-state index in [1.54, 1.807) is 6.92 Å². The Hall–Kier alpha value is -0.910. The van der Waals surface area contributed by atoms with Crippen LogP contribution in [0.25, 0.3) is 0 Å².